The van der Waals surface area contributed by atoms with Crippen molar-refractivity contribution < 1.29 is 14.3 Å². The average molecular weight is 233 g/mol. The van der Waals surface area contributed by atoms with Gasteiger partial charge >= 0.3 is 5.97 Å². The van der Waals surface area contributed by atoms with E-state index in [9.17, 15) is 9.59 Å². The number of nitrogens with one attached hydrogen (secondary N) is 1. The van der Waals surface area contributed by atoms with Crippen molar-refractivity contribution in [3.8, 4) is 0 Å². The van der Waals surface area contributed by atoms with Crippen LogP contribution in [-0.4, -0.2) is 11.8 Å². The third-order valence-corrected chi connectivity index (χ3v) is 2.01. The molecule has 0 amide bonds. The lowest BCUT2D eigenvalue weighted by atomic mass is 10.2. The lowest BCUT2D eigenvalue weighted by Crippen LogP contribution is -2.12. The molecular weight excluding hydrogens is 218 g/mol. The minimum absolute atomic E-state index is 0.0429. The Balaban J connectivity index is 2.92. The van der Waals surface area contributed by atoms with Crippen LogP contribution in [0.25, 0.3) is 0 Å². The van der Waals surface area contributed by atoms with Crippen LogP contribution in [0.15, 0.2) is 41.8 Å². The van der Waals surface area contributed by atoms with E-state index in [4.69, 9.17) is 4.74 Å². The highest BCUT2D eigenvalue weighted by Crippen LogP contribution is 2.13. The summed E-state index contributed by atoms with van der Waals surface area (Å²) in [5.41, 5.74) is 1.34. The maximum Gasteiger partial charge on any atom is 0.308 e. The Bertz CT molecular complexity index is 449. The zero-order chi connectivity index (χ0) is 12.8. The minimum atomic E-state index is -0.510. The molecule has 1 rings (SSSR count). The quantitative estimate of drug-likeness (QED) is 0.493. The van der Waals surface area contributed by atoms with Gasteiger partial charge in [-0.15, -0.1) is 0 Å². The van der Waals surface area contributed by atoms with Gasteiger partial charge in [-0.2, -0.15) is 0 Å². The van der Waals surface area contributed by atoms with Crippen LogP contribution in [0, 0.1) is 0 Å². The van der Waals surface area contributed by atoms with Gasteiger partial charge in [0.05, 0.1) is 5.70 Å². The van der Waals surface area contributed by atoms with Gasteiger partial charge in [-0.25, -0.2) is 0 Å². The first-order chi connectivity index (χ1) is 8.00. The van der Waals surface area contributed by atoms with Crippen LogP contribution in [0.4, 0.5) is 5.69 Å². The number of ketones is 1. The Morgan fingerprint density at radius 3 is 2.12 bits per heavy atom. The molecule has 1 aromatic rings. The van der Waals surface area contributed by atoms with E-state index in [2.05, 4.69) is 5.32 Å². The zero-order valence-corrected chi connectivity index (χ0v) is 10.1. The Morgan fingerprint density at radius 2 is 1.65 bits per heavy atom. The normalized spacial score (nSPS) is 11.5. The number of esters is 1. The summed E-state index contributed by atoms with van der Waals surface area (Å²) in [6, 6.07) is 9.34. The van der Waals surface area contributed by atoms with Crippen LogP contribution in [0.5, 0.6) is 0 Å². The molecule has 0 aliphatic rings. The molecule has 0 saturated heterocycles. The molecule has 4 nitrogen and oxygen atoms in total. The monoisotopic (exact) mass is 233 g/mol. The maximum atomic E-state index is 11.3. The van der Waals surface area contributed by atoms with Crippen LogP contribution in [-0.2, 0) is 14.3 Å². The predicted molar refractivity (Wildman–Crippen MR) is 65.2 cm³/mol. The van der Waals surface area contributed by atoms with Crippen LogP contribution >= 0.6 is 0 Å². The first kappa shape index (κ1) is 13.0. The van der Waals surface area contributed by atoms with Gasteiger partial charge in [0.2, 0.25) is 0 Å². The number of Topliss-reactive ketones (excluding diaryl/α,β-unsaturated/α-hetero) is 1. The number of hydrogen-bond donors (Lipinski definition) is 1. The summed E-state index contributed by atoms with van der Waals surface area (Å²) in [7, 11) is 0. The Labute approximate surface area is 100 Å². The van der Waals surface area contributed by atoms with Crippen LogP contribution in [0.3, 0.4) is 0 Å². The summed E-state index contributed by atoms with van der Waals surface area (Å²) in [5.74, 6) is -0.758. The topological polar surface area (TPSA) is 55.4 Å². The van der Waals surface area contributed by atoms with Gasteiger partial charge in [0.25, 0.3) is 0 Å². The number of allylic oxidation sites excluding steroid dienone is 2. The van der Waals surface area contributed by atoms with Gasteiger partial charge in [0, 0.05) is 19.5 Å². The second kappa shape index (κ2) is 5.84. The number of anilines is 1. The maximum absolute atomic E-state index is 11.3. The second-order valence-corrected chi connectivity index (χ2v) is 3.59. The molecule has 90 valence electrons. The number of benzene rings is 1. The molecule has 0 aromatic heterocycles. The SMILES string of the molecule is CC(=O)O/C(C(C)=O)=C(/C)Nc1ccccc1. The Kier molecular flexibility index (Phi) is 4.46. The number of ether oxygens (including phenoxy) is 1. The highest BCUT2D eigenvalue weighted by Gasteiger charge is 2.12. The molecule has 0 unspecified atom stereocenters. The van der Waals surface area contributed by atoms with E-state index >= 15 is 0 Å². The van der Waals surface area contributed by atoms with Crippen molar-refractivity contribution in [1.29, 1.82) is 0 Å². The van der Waals surface area contributed by atoms with Crippen LogP contribution in [0.1, 0.15) is 20.8 Å². The van der Waals surface area contributed by atoms with Gasteiger partial charge in [-0.05, 0) is 19.1 Å². The molecule has 0 aliphatic carbocycles. The molecule has 0 aliphatic heterocycles. The van der Waals surface area contributed by atoms with Crippen molar-refractivity contribution in [2.75, 3.05) is 5.32 Å². The van der Waals surface area contributed by atoms with E-state index < -0.39 is 5.97 Å². The largest absolute Gasteiger partial charge is 0.421 e. The first-order valence-electron chi connectivity index (χ1n) is 5.23. The number of hydrogen-bond acceptors (Lipinski definition) is 4. The molecule has 0 bridgehead atoms. The third kappa shape index (κ3) is 4.10. The van der Waals surface area contributed by atoms with Crippen molar-refractivity contribution in [1.82, 2.24) is 0 Å². The first-order valence-corrected chi connectivity index (χ1v) is 5.23. The van der Waals surface area contributed by atoms with E-state index in [1.54, 1.807) is 6.92 Å². The van der Waals surface area contributed by atoms with Crippen LogP contribution < -0.4 is 5.32 Å². The lowest BCUT2D eigenvalue weighted by molar-refractivity contribution is -0.140. The molecule has 0 heterocycles. The van der Waals surface area contributed by atoms with Gasteiger partial charge in [-0.3, -0.25) is 9.59 Å². The van der Waals surface area contributed by atoms with Crippen molar-refractivity contribution in [2.45, 2.75) is 20.8 Å². The van der Waals surface area contributed by atoms with Gasteiger partial charge in [-0.1, -0.05) is 18.2 Å². The predicted octanol–water partition coefficient (Wildman–Crippen LogP) is 2.48. The molecular formula is C13H15NO3. The van der Waals surface area contributed by atoms with Gasteiger partial charge in [0.1, 0.15) is 0 Å². The third-order valence-electron chi connectivity index (χ3n) is 2.01. The Morgan fingerprint density at radius 1 is 1.06 bits per heavy atom. The summed E-state index contributed by atoms with van der Waals surface area (Å²) in [5, 5.41) is 3.01. The van der Waals surface area contributed by atoms with E-state index in [1.165, 1.54) is 13.8 Å². The van der Waals surface area contributed by atoms with Crippen molar-refractivity contribution in [3.63, 3.8) is 0 Å². The summed E-state index contributed by atoms with van der Waals surface area (Å²) >= 11 is 0. The summed E-state index contributed by atoms with van der Waals surface area (Å²) in [6.45, 7) is 4.31. The molecule has 4 heteroatoms. The summed E-state index contributed by atoms with van der Waals surface area (Å²) in [4.78, 5) is 22.2. The molecule has 0 saturated carbocycles. The zero-order valence-electron chi connectivity index (χ0n) is 10.1. The average Bonchev–Trinajstić information content (AvgIpc) is 2.26. The van der Waals surface area contributed by atoms with Crippen molar-refractivity contribution in [2.24, 2.45) is 0 Å². The summed E-state index contributed by atoms with van der Waals surface area (Å²) in [6.07, 6.45) is 0. The Hall–Kier alpha value is -2.10. The van der Waals surface area contributed by atoms with Crippen LogP contribution in [0.2, 0.25) is 0 Å². The standard InChI is InChI=1S/C13H15NO3/c1-9(13(10(2)15)17-11(3)16)14-12-7-5-4-6-8-12/h4-8,14H,1-3H3/b13-9-. The minimum Gasteiger partial charge on any atom is -0.421 e. The molecule has 0 atom stereocenters. The molecule has 1 N–H and O–H groups in total. The number of rotatable bonds is 4. The molecule has 17 heavy (non-hydrogen) atoms. The summed E-state index contributed by atoms with van der Waals surface area (Å²) < 4.78 is 4.87. The number of carbonyl (C=O) groups excluding carboxylic acids is 2. The smallest absolute Gasteiger partial charge is 0.308 e. The molecule has 0 fully saturated rings. The fourth-order valence-electron chi connectivity index (χ4n) is 1.35. The molecule has 1 aromatic carbocycles. The van der Waals surface area contributed by atoms with Gasteiger partial charge < -0.3 is 10.1 Å². The van der Waals surface area contributed by atoms with Crippen molar-refractivity contribution in [3.05, 3.63) is 41.8 Å². The van der Waals surface area contributed by atoms with E-state index in [0.717, 1.165) is 5.69 Å². The number of carbonyl (C=O) groups is 2. The fraction of sp³-hybridized carbons (Fsp3) is 0.231. The number of para-hydroxylation sites is 1. The lowest BCUT2D eigenvalue weighted by Gasteiger charge is -2.11. The van der Waals surface area contributed by atoms with E-state index in [-0.39, 0.29) is 11.5 Å². The van der Waals surface area contributed by atoms with Crippen molar-refractivity contribution >= 4 is 17.4 Å². The fourth-order valence-corrected chi connectivity index (χ4v) is 1.35. The highest BCUT2D eigenvalue weighted by molar-refractivity contribution is 5.94. The highest BCUT2D eigenvalue weighted by atomic mass is 16.5. The van der Waals surface area contributed by atoms with Gasteiger partial charge in [0.15, 0.2) is 11.5 Å². The molecule has 0 radical (unpaired) electrons. The van der Waals surface area contributed by atoms with E-state index in [1.807, 2.05) is 30.3 Å². The van der Waals surface area contributed by atoms with E-state index in [0.29, 0.717) is 5.70 Å². The molecule has 0 spiro atoms. The second-order valence-electron chi connectivity index (χ2n) is 3.59.